The molecule has 0 bridgehead atoms. The van der Waals surface area contributed by atoms with Crippen molar-refractivity contribution < 1.29 is 4.74 Å². The fourth-order valence-electron chi connectivity index (χ4n) is 3.58. The quantitative estimate of drug-likeness (QED) is 0.883. The van der Waals surface area contributed by atoms with E-state index < -0.39 is 0 Å². The largest absolute Gasteiger partial charge is 0.494 e. The topological polar surface area (TPSA) is 48.6 Å². The van der Waals surface area contributed by atoms with Crippen molar-refractivity contribution in [1.29, 1.82) is 0 Å². The van der Waals surface area contributed by atoms with Crippen LogP contribution in [-0.4, -0.2) is 55.1 Å². The van der Waals surface area contributed by atoms with Gasteiger partial charge in [0.15, 0.2) is 0 Å². The molecule has 1 aliphatic heterocycles. The van der Waals surface area contributed by atoms with Crippen molar-refractivity contribution in [2.75, 3.05) is 40.3 Å². The van der Waals surface area contributed by atoms with Crippen LogP contribution >= 0.6 is 0 Å². The minimum atomic E-state index is 0.00190. The molecule has 1 atom stereocenters. The average molecular weight is 329 g/mol. The summed E-state index contributed by atoms with van der Waals surface area (Å²) in [4.78, 5) is 20.0. The minimum Gasteiger partial charge on any atom is -0.494 e. The maximum Gasteiger partial charge on any atom is 0.252 e. The first-order valence-electron chi connectivity index (χ1n) is 8.71. The lowest BCUT2D eigenvalue weighted by Crippen LogP contribution is -2.29. The lowest BCUT2D eigenvalue weighted by molar-refractivity contribution is 0.266. The van der Waals surface area contributed by atoms with Crippen LogP contribution in [0, 0.1) is 5.92 Å². The standard InChI is InChI=1S/C19H27N3O2/c1-4-24-17-5-6-18-15(10-17)9-16(19(23)20-18)13-22(3)12-14-7-8-21(2)11-14/h5-6,9-10,14H,4,7-8,11-13H2,1-3H3,(H,20,23)/t14-/m0/s1. The number of aromatic nitrogens is 1. The smallest absolute Gasteiger partial charge is 0.252 e. The van der Waals surface area contributed by atoms with Gasteiger partial charge >= 0.3 is 0 Å². The summed E-state index contributed by atoms with van der Waals surface area (Å²) in [6.45, 7) is 6.63. The fraction of sp³-hybridized carbons (Fsp3) is 0.526. The van der Waals surface area contributed by atoms with E-state index in [1.165, 1.54) is 13.0 Å². The molecule has 1 aromatic carbocycles. The molecule has 0 saturated carbocycles. The lowest BCUT2D eigenvalue weighted by atomic mass is 10.1. The molecule has 5 nitrogen and oxygen atoms in total. The Balaban J connectivity index is 1.75. The van der Waals surface area contributed by atoms with E-state index in [4.69, 9.17) is 4.74 Å². The Morgan fingerprint density at radius 3 is 2.92 bits per heavy atom. The first-order chi connectivity index (χ1) is 11.5. The Hall–Kier alpha value is -1.85. The SMILES string of the molecule is CCOc1ccc2[nH]c(=O)c(CN(C)C[C@H]3CCN(C)C3)cc2c1. The number of aromatic amines is 1. The number of benzene rings is 1. The number of H-pyrrole nitrogens is 1. The number of fused-ring (bicyclic) bond motifs is 1. The van der Waals surface area contributed by atoms with E-state index >= 15 is 0 Å². The molecule has 5 heteroatoms. The van der Waals surface area contributed by atoms with Gasteiger partial charge in [0.1, 0.15) is 5.75 Å². The number of hydrogen-bond donors (Lipinski definition) is 1. The van der Waals surface area contributed by atoms with Gasteiger partial charge in [0.05, 0.1) is 6.61 Å². The molecular weight excluding hydrogens is 302 g/mol. The molecule has 1 aliphatic rings. The highest BCUT2D eigenvalue weighted by molar-refractivity contribution is 5.80. The zero-order chi connectivity index (χ0) is 17.1. The van der Waals surface area contributed by atoms with E-state index in [0.717, 1.165) is 35.3 Å². The van der Waals surface area contributed by atoms with Crippen molar-refractivity contribution in [3.8, 4) is 5.75 Å². The molecule has 0 amide bonds. The van der Waals surface area contributed by atoms with Crippen LogP contribution in [0.4, 0.5) is 0 Å². The van der Waals surface area contributed by atoms with Crippen molar-refractivity contribution >= 4 is 10.9 Å². The molecule has 24 heavy (non-hydrogen) atoms. The summed E-state index contributed by atoms with van der Waals surface area (Å²) >= 11 is 0. The summed E-state index contributed by atoms with van der Waals surface area (Å²) < 4.78 is 5.56. The maximum atomic E-state index is 12.3. The molecule has 1 aromatic heterocycles. The molecule has 0 radical (unpaired) electrons. The number of hydrogen-bond acceptors (Lipinski definition) is 4. The van der Waals surface area contributed by atoms with Crippen LogP contribution < -0.4 is 10.3 Å². The summed E-state index contributed by atoms with van der Waals surface area (Å²) in [5.74, 6) is 1.54. The van der Waals surface area contributed by atoms with Gasteiger partial charge in [-0.2, -0.15) is 0 Å². The summed E-state index contributed by atoms with van der Waals surface area (Å²) in [6.07, 6.45) is 1.24. The van der Waals surface area contributed by atoms with Gasteiger partial charge in [-0.05, 0) is 64.2 Å². The highest BCUT2D eigenvalue weighted by Crippen LogP contribution is 2.20. The summed E-state index contributed by atoms with van der Waals surface area (Å²) in [6, 6.07) is 7.78. The second-order valence-corrected chi connectivity index (χ2v) is 6.92. The molecule has 1 saturated heterocycles. The van der Waals surface area contributed by atoms with E-state index in [9.17, 15) is 4.79 Å². The summed E-state index contributed by atoms with van der Waals surface area (Å²) in [7, 11) is 4.27. The lowest BCUT2D eigenvalue weighted by Gasteiger charge is -2.20. The van der Waals surface area contributed by atoms with Crippen LogP contribution in [0.1, 0.15) is 18.9 Å². The van der Waals surface area contributed by atoms with Crippen molar-refractivity contribution in [3.63, 3.8) is 0 Å². The zero-order valence-electron chi connectivity index (χ0n) is 14.8. The van der Waals surface area contributed by atoms with Gasteiger partial charge in [-0.25, -0.2) is 0 Å². The molecule has 130 valence electrons. The van der Waals surface area contributed by atoms with Gasteiger partial charge in [0.25, 0.3) is 5.56 Å². The van der Waals surface area contributed by atoms with Gasteiger partial charge in [-0.15, -0.1) is 0 Å². The van der Waals surface area contributed by atoms with Crippen molar-refractivity contribution in [1.82, 2.24) is 14.8 Å². The third kappa shape index (κ3) is 3.97. The van der Waals surface area contributed by atoms with Crippen molar-refractivity contribution in [2.24, 2.45) is 5.92 Å². The van der Waals surface area contributed by atoms with Gasteiger partial charge in [0.2, 0.25) is 0 Å². The summed E-state index contributed by atoms with van der Waals surface area (Å²) in [5, 5.41) is 1.02. The Morgan fingerprint density at radius 2 is 2.21 bits per heavy atom. The van der Waals surface area contributed by atoms with Crippen LogP contribution in [0.15, 0.2) is 29.1 Å². The first-order valence-corrected chi connectivity index (χ1v) is 8.71. The maximum absolute atomic E-state index is 12.3. The molecular formula is C19H27N3O2. The second kappa shape index (κ2) is 7.36. The predicted molar refractivity (Wildman–Crippen MR) is 97.7 cm³/mol. The summed E-state index contributed by atoms with van der Waals surface area (Å²) in [5.41, 5.74) is 1.67. The van der Waals surface area contributed by atoms with E-state index in [1.807, 2.05) is 31.2 Å². The third-order valence-electron chi connectivity index (χ3n) is 4.70. The number of nitrogens with one attached hydrogen (secondary N) is 1. The second-order valence-electron chi connectivity index (χ2n) is 6.92. The molecule has 2 heterocycles. The molecule has 3 rings (SSSR count). The average Bonchev–Trinajstić information content (AvgIpc) is 2.93. The zero-order valence-corrected chi connectivity index (χ0v) is 14.8. The number of pyridine rings is 1. The number of ether oxygens (including phenoxy) is 1. The molecule has 0 spiro atoms. The molecule has 0 aliphatic carbocycles. The molecule has 1 N–H and O–H groups in total. The van der Waals surface area contributed by atoms with Gasteiger partial charge in [-0.1, -0.05) is 0 Å². The first kappa shape index (κ1) is 17.0. The van der Waals surface area contributed by atoms with Crippen molar-refractivity contribution in [3.05, 3.63) is 40.2 Å². The highest BCUT2D eigenvalue weighted by atomic mass is 16.5. The van der Waals surface area contributed by atoms with E-state index in [1.54, 1.807) is 0 Å². The Labute approximate surface area is 143 Å². The van der Waals surface area contributed by atoms with Crippen LogP contribution in [0.25, 0.3) is 10.9 Å². The normalized spacial score (nSPS) is 18.6. The highest BCUT2D eigenvalue weighted by Gasteiger charge is 2.21. The van der Waals surface area contributed by atoms with Gasteiger partial charge in [-0.3, -0.25) is 4.79 Å². The molecule has 1 fully saturated rings. The van der Waals surface area contributed by atoms with Crippen LogP contribution in [0.5, 0.6) is 5.75 Å². The van der Waals surface area contributed by atoms with E-state index in [0.29, 0.717) is 19.1 Å². The van der Waals surface area contributed by atoms with E-state index in [-0.39, 0.29) is 5.56 Å². The monoisotopic (exact) mass is 329 g/mol. The van der Waals surface area contributed by atoms with Crippen LogP contribution in [0.3, 0.4) is 0 Å². The Kier molecular flexibility index (Phi) is 5.21. The molecule has 0 unspecified atom stereocenters. The predicted octanol–water partition coefficient (Wildman–Crippen LogP) is 2.31. The Bertz CT molecular complexity index is 756. The number of rotatable bonds is 6. The van der Waals surface area contributed by atoms with Gasteiger partial charge in [0, 0.05) is 36.1 Å². The third-order valence-corrected chi connectivity index (χ3v) is 4.70. The number of likely N-dealkylation sites (tertiary alicyclic amines) is 1. The van der Waals surface area contributed by atoms with Gasteiger partial charge < -0.3 is 19.5 Å². The number of nitrogens with zero attached hydrogens (tertiary/aromatic N) is 2. The van der Waals surface area contributed by atoms with Crippen LogP contribution in [-0.2, 0) is 6.54 Å². The van der Waals surface area contributed by atoms with Crippen LogP contribution in [0.2, 0.25) is 0 Å². The van der Waals surface area contributed by atoms with E-state index in [2.05, 4.69) is 28.9 Å². The van der Waals surface area contributed by atoms with Crippen molar-refractivity contribution in [2.45, 2.75) is 19.9 Å². The molecule has 2 aromatic rings. The fourth-order valence-corrected chi connectivity index (χ4v) is 3.58. The minimum absolute atomic E-state index is 0.00190. The Morgan fingerprint density at radius 1 is 1.38 bits per heavy atom.